The van der Waals surface area contributed by atoms with Gasteiger partial charge in [0.1, 0.15) is 5.69 Å². The van der Waals surface area contributed by atoms with Gasteiger partial charge in [0.25, 0.3) is 0 Å². The summed E-state index contributed by atoms with van der Waals surface area (Å²) in [6, 6.07) is 11.5. The van der Waals surface area contributed by atoms with E-state index in [1.807, 2.05) is 45.0 Å². The molecule has 1 aromatic carbocycles. The van der Waals surface area contributed by atoms with Gasteiger partial charge in [-0.15, -0.1) is 0 Å². The van der Waals surface area contributed by atoms with Gasteiger partial charge in [-0.05, 0) is 57.2 Å². The van der Waals surface area contributed by atoms with E-state index in [4.69, 9.17) is 0 Å². The van der Waals surface area contributed by atoms with Gasteiger partial charge in [-0.25, -0.2) is 13.9 Å². The van der Waals surface area contributed by atoms with Crippen molar-refractivity contribution in [2.45, 2.75) is 27.3 Å². The molecule has 0 saturated heterocycles. The van der Waals surface area contributed by atoms with Gasteiger partial charge in [0.05, 0.1) is 17.9 Å². The van der Waals surface area contributed by atoms with Crippen molar-refractivity contribution in [3.8, 4) is 5.69 Å². The molecule has 3 rings (SSSR count). The lowest BCUT2D eigenvalue weighted by molar-refractivity contribution is 0.251. The van der Waals surface area contributed by atoms with Crippen molar-refractivity contribution in [3.63, 3.8) is 0 Å². The van der Waals surface area contributed by atoms with Gasteiger partial charge in [0.2, 0.25) is 0 Å². The standard InChI is InChI=1S/C19H20FN5O/c1-12-5-4-6-16(22-12)11-21-19(26)23-15-7-8-18(17(20)10-15)25-14(3)9-13(2)24-25/h4-10H,11H2,1-3H3,(H2,21,23,26). The first-order valence-electron chi connectivity index (χ1n) is 8.23. The minimum absolute atomic E-state index is 0.292. The third-order valence-corrected chi connectivity index (χ3v) is 3.82. The number of carbonyl (C=O) groups is 1. The number of rotatable bonds is 4. The highest BCUT2D eigenvalue weighted by atomic mass is 19.1. The van der Waals surface area contributed by atoms with Crippen LogP contribution in [0.1, 0.15) is 22.8 Å². The Balaban J connectivity index is 1.66. The molecule has 0 unspecified atom stereocenters. The molecule has 0 bridgehead atoms. The molecule has 0 aliphatic carbocycles. The summed E-state index contributed by atoms with van der Waals surface area (Å²) in [6.07, 6.45) is 0. The van der Waals surface area contributed by atoms with Crippen LogP contribution in [-0.4, -0.2) is 20.8 Å². The lowest BCUT2D eigenvalue weighted by atomic mass is 10.2. The van der Waals surface area contributed by atoms with Crippen LogP contribution in [0.3, 0.4) is 0 Å². The summed E-state index contributed by atoms with van der Waals surface area (Å²) in [7, 11) is 0. The topological polar surface area (TPSA) is 71.8 Å². The van der Waals surface area contributed by atoms with Crippen molar-refractivity contribution in [2.24, 2.45) is 0 Å². The average molecular weight is 353 g/mol. The van der Waals surface area contributed by atoms with Gasteiger partial charge in [-0.1, -0.05) is 6.07 Å². The molecule has 0 fully saturated rings. The fourth-order valence-electron chi connectivity index (χ4n) is 2.67. The van der Waals surface area contributed by atoms with Crippen LogP contribution >= 0.6 is 0 Å². The summed E-state index contributed by atoms with van der Waals surface area (Å²) in [5.74, 6) is -0.464. The van der Waals surface area contributed by atoms with Gasteiger partial charge < -0.3 is 10.6 Å². The van der Waals surface area contributed by atoms with Gasteiger partial charge in [0, 0.05) is 17.1 Å². The second-order valence-electron chi connectivity index (χ2n) is 6.08. The minimum atomic E-state index is -0.464. The number of aryl methyl sites for hydroxylation is 3. The number of nitrogens with zero attached hydrogens (tertiary/aromatic N) is 3. The summed E-state index contributed by atoms with van der Waals surface area (Å²) in [5.41, 5.74) is 3.99. The Morgan fingerprint density at radius 2 is 1.92 bits per heavy atom. The average Bonchev–Trinajstić information content (AvgIpc) is 2.91. The van der Waals surface area contributed by atoms with E-state index < -0.39 is 11.8 Å². The van der Waals surface area contributed by atoms with Crippen LogP contribution in [0.15, 0.2) is 42.5 Å². The second kappa shape index (κ2) is 7.35. The third kappa shape index (κ3) is 4.05. The van der Waals surface area contributed by atoms with Gasteiger partial charge in [-0.3, -0.25) is 4.98 Å². The quantitative estimate of drug-likeness (QED) is 0.752. The molecule has 0 spiro atoms. The first-order chi connectivity index (χ1) is 12.4. The Morgan fingerprint density at radius 3 is 2.58 bits per heavy atom. The normalized spacial score (nSPS) is 10.6. The molecule has 0 saturated carbocycles. The van der Waals surface area contributed by atoms with Gasteiger partial charge >= 0.3 is 6.03 Å². The molecule has 2 aromatic heterocycles. The van der Waals surface area contributed by atoms with Crippen molar-refractivity contribution >= 4 is 11.7 Å². The number of hydrogen-bond acceptors (Lipinski definition) is 3. The fourth-order valence-corrected chi connectivity index (χ4v) is 2.67. The Morgan fingerprint density at radius 1 is 1.12 bits per heavy atom. The van der Waals surface area contributed by atoms with Crippen LogP contribution in [-0.2, 0) is 6.54 Å². The largest absolute Gasteiger partial charge is 0.332 e. The summed E-state index contributed by atoms with van der Waals surface area (Å²) in [5, 5.41) is 9.59. The van der Waals surface area contributed by atoms with Crippen LogP contribution in [0, 0.1) is 26.6 Å². The molecule has 0 aliphatic rings. The Kier molecular flexibility index (Phi) is 4.97. The van der Waals surface area contributed by atoms with Crippen molar-refractivity contribution < 1.29 is 9.18 Å². The van der Waals surface area contributed by atoms with Crippen molar-refractivity contribution in [1.29, 1.82) is 0 Å². The zero-order valence-electron chi connectivity index (χ0n) is 14.9. The molecule has 6 nitrogen and oxygen atoms in total. The van der Waals surface area contributed by atoms with Crippen LogP contribution in [0.2, 0.25) is 0 Å². The first kappa shape index (κ1) is 17.6. The van der Waals surface area contributed by atoms with E-state index in [-0.39, 0.29) is 0 Å². The highest BCUT2D eigenvalue weighted by Gasteiger charge is 2.11. The summed E-state index contributed by atoms with van der Waals surface area (Å²) >= 11 is 0. The molecule has 134 valence electrons. The first-order valence-corrected chi connectivity index (χ1v) is 8.23. The number of halogens is 1. The zero-order valence-corrected chi connectivity index (χ0v) is 14.9. The monoisotopic (exact) mass is 353 g/mol. The highest BCUT2D eigenvalue weighted by Crippen LogP contribution is 2.19. The number of aromatic nitrogens is 3. The van der Waals surface area contributed by atoms with Gasteiger partial charge in [0.15, 0.2) is 5.82 Å². The van der Waals surface area contributed by atoms with Crippen LogP contribution in [0.4, 0.5) is 14.9 Å². The molecule has 0 aliphatic heterocycles. The smallest absolute Gasteiger partial charge is 0.319 e. The lowest BCUT2D eigenvalue weighted by Crippen LogP contribution is -2.28. The molecule has 0 radical (unpaired) electrons. The zero-order chi connectivity index (χ0) is 18.7. The number of nitrogens with one attached hydrogen (secondary N) is 2. The van der Waals surface area contributed by atoms with Gasteiger partial charge in [-0.2, -0.15) is 5.10 Å². The maximum atomic E-state index is 14.4. The molecule has 7 heteroatoms. The lowest BCUT2D eigenvalue weighted by Gasteiger charge is -2.10. The van der Waals surface area contributed by atoms with Crippen molar-refractivity contribution in [2.75, 3.05) is 5.32 Å². The fraction of sp³-hybridized carbons (Fsp3) is 0.211. The summed E-state index contributed by atoms with van der Waals surface area (Å²) in [6.45, 7) is 5.89. The molecule has 0 atom stereocenters. The third-order valence-electron chi connectivity index (χ3n) is 3.82. The van der Waals surface area contributed by atoms with E-state index in [1.54, 1.807) is 12.1 Å². The summed E-state index contributed by atoms with van der Waals surface area (Å²) in [4.78, 5) is 16.3. The van der Waals surface area contributed by atoms with Crippen LogP contribution < -0.4 is 10.6 Å². The maximum absolute atomic E-state index is 14.4. The predicted molar refractivity (Wildman–Crippen MR) is 97.8 cm³/mol. The Bertz CT molecular complexity index is 951. The van der Waals surface area contributed by atoms with E-state index >= 15 is 0 Å². The number of benzene rings is 1. The van der Waals surface area contributed by atoms with E-state index in [0.717, 1.165) is 22.8 Å². The number of amides is 2. The number of pyridine rings is 1. The van der Waals surface area contributed by atoms with Crippen molar-refractivity contribution in [1.82, 2.24) is 20.1 Å². The molecule has 2 N–H and O–H groups in total. The summed E-state index contributed by atoms with van der Waals surface area (Å²) < 4.78 is 16.0. The molecule has 2 heterocycles. The number of anilines is 1. The molecular formula is C19H20FN5O. The highest BCUT2D eigenvalue weighted by molar-refractivity contribution is 5.89. The number of urea groups is 1. The maximum Gasteiger partial charge on any atom is 0.319 e. The van der Waals surface area contributed by atoms with Crippen LogP contribution in [0.5, 0.6) is 0 Å². The Labute approximate surface area is 151 Å². The molecule has 26 heavy (non-hydrogen) atoms. The van der Waals surface area contributed by atoms with Crippen molar-refractivity contribution in [3.05, 3.63) is 71.1 Å². The minimum Gasteiger partial charge on any atom is -0.332 e. The molecule has 3 aromatic rings. The molecule has 2 amide bonds. The number of hydrogen-bond donors (Lipinski definition) is 2. The van der Waals surface area contributed by atoms with Crippen LogP contribution in [0.25, 0.3) is 5.69 Å². The Hall–Kier alpha value is -3.22. The SMILES string of the molecule is Cc1cccc(CNC(=O)Nc2ccc(-n3nc(C)cc3C)c(F)c2)n1. The van der Waals surface area contributed by atoms with E-state index in [9.17, 15) is 9.18 Å². The van der Waals surface area contributed by atoms with E-state index in [2.05, 4.69) is 20.7 Å². The molecular weight excluding hydrogens is 333 g/mol. The number of carbonyl (C=O) groups excluding carboxylic acids is 1. The van der Waals surface area contributed by atoms with E-state index in [1.165, 1.54) is 10.7 Å². The second-order valence-corrected chi connectivity index (χ2v) is 6.08. The predicted octanol–water partition coefficient (Wildman–Crippen LogP) is 3.65. The van der Waals surface area contributed by atoms with E-state index in [0.29, 0.717) is 17.9 Å².